The van der Waals surface area contributed by atoms with Crippen molar-refractivity contribution in [3.05, 3.63) is 0 Å². The maximum Gasteiger partial charge on any atom is 0.0199 e. The second kappa shape index (κ2) is 5.10. The van der Waals surface area contributed by atoms with Gasteiger partial charge in [0, 0.05) is 23.1 Å². The largest absolute Gasteiger partial charge is 0.327 e. The summed E-state index contributed by atoms with van der Waals surface area (Å²) in [5.41, 5.74) is 11.8. The first-order chi connectivity index (χ1) is 5.74. The molecule has 1 aliphatic rings. The lowest BCUT2D eigenvalue weighted by atomic mass is 10.3. The van der Waals surface area contributed by atoms with Crippen LogP contribution in [0.5, 0.6) is 0 Å². The summed E-state index contributed by atoms with van der Waals surface area (Å²) < 4.78 is 0. The molecule has 1 aliphatic carbocycles. The van der Waals surface area contributed by atoms with Crippen molar-refractivity contribution in [3.63, 3.8) is 0 Å². The van der Waals surface area contributed by atoms with E-state index in [0.29, 0.717) is 17.3 Å². The van der Waals surface area contributed by atoms with Gasteiger partial charge in [0.25, 0.3) is 0 Å². The molecule has 12 heavy (non-hydrogen) atoms. The van der Waals surface area contributed by atoms with Gasteiger partial charge < -0.3 is 11.5 Å². The van der Waals surface area contributed by atoms with Crippen LogP contribution in [-0.4, -0.2) is 23.1 Å². The fourth-order valence-electron chi connectivity index (χ4n) is 1.53. The van der Waals surface area contributed by atoms with Crippen molar-refractivity contribution in [1.82, 2.24) is 0 Å². The molecule has 0 aromatic rings. The van der Waals surface area contributed by atoms with Crippen LogP contribution >= 0.6 is 11.8 Å². The highest BCUT2D eigenvalue weighted by atomic mass is 32.2. The Bertz CT molecular complexity index is 130. The molecule has 4 N–H and O–H groups in total. The zero-order valence-electron chi connectivity index (χ0n) is 7.83. The summed E-state index contributed by atoms with van der Waals surface area (Å²) in [5.74, 6) is 1.08. The summed E-state index contributed by atoms with van der Waals surface area (Å²) in [6.45, 7) is 2.14. The SMILES string of the molecule is CCC(N)CSC1CCCC1N. The van der Waals surface area contributed by atoms with Crippen LogP contribution in [0.15, 0.2) is 0 Å². The zero-order valence-corrected chi connectivity index (χ0v) is 8.65. The lowest BCUT2D eigenvalue weighted by Crippen LogP contribution is -2.29. The summed E-state index contributed by atoms with van der Waals surface area (Å²) >= 11 is 1.97. The fraction of sp³-hybridized carbons (Fsp3) is 1.00. The van der Waals surface area contributed by atoms with Crippen molar-refractivity contribution >= 4 is 11.8 Å². The molecule has 0 amide bonds. The predicted molar refractivity (Wildman–Crippen MR) is 56.3 cm³/mol. The molecule has 1 rings (SSSR count). The number of hydrogen-bond acceptors (Lipinski definition) is 3. The number of nitrogens with two attached hydrogens (primary N) is 2. The van der Waals surface area contributed by atoms with Crippen LogP contribution < -0.4 is 11.5 Å². The summed E-state index contributed by atoms with van der Waals surface area (Å²) in [6.07, 6.45) is 4.89. The van der Waals surface area contributed by atoms with E-state index in [1.807, 2.05) is 11.8 Å². The maximum atomic E-state index is 5.95. The number of thioether (sulfide) groups is 1. The first-order valence-electron chi connectivity index (χ1n) is 4.86. The number of hydrogen-bond donors (Lipinski definition) is 2. The summed E-state index contributed by atoms with van der Waals surface area (Å²) in [7, 11) is 0. The van der Waals surface area contributed by atoms with Gasteiger partial charge in [-0.05, 0) is 19.3 Å². The highest BCUT2D eigenvalue weighted by Crippen LogP contribution is 2.28. The van der Waals surface area contributed by atoms with Gasteiger partial charge in [-0.2, -0.15) is 11.8 Å². The molecule has 0 aromatic carbocycles. The second-order valence-electron chi connectivity index (χ2n) is 3.63. The molecule has 0 aliphatic heterocycles. The Morgan fingerprint density at radius 1 is 1.50 bits per heavy atom. The van der Waals surface area contributed by atoms with Crippen molar-refractivity contribution in [3.8, 4) is 0 Å². The zero-order chi connectivity index (χ0) is 8.97. The van der Waals surface area contributed by atoms with E-state index in [2.05, 4.69) is 6.92 Å². The minimum absolute atomic E-state index is 0.364. The average Bonchev–Trinajstić information content (AvgIpc) is 2.47. The quantitative estimate of drug-likeness (QED) is 0.700. The third kappa shape index (κ3) is 2.96. The van der Waals surface area contributed by atoms with Gasteiger partial charge in [0.05, 0.1) is 0 Å². The van der Waals surface area contributed by atoms with E-state index < -0.39 is 0 Å². The molecule has 3 atom stereocenters. The van der Waals surface area contributed by atoms with Crippen LogP contribution in [0.1, 0.15) is 32.6 Å². The van der Waals surface area contributed by atoms with Crippen molar-refractivity contribution in [1.29, 1.82) is 0 Å². The van der Waals surface area contributed by atoms with Crippen LogP contribution in [0.2, 0.25) is 0 Å². The van der Waals surface area contributed by atoms with Gasteiger partial charge in [-0.3, -0.25) is 0 Å². The molecular weight excluding hydrogens is 168 g/mol. The van der Waals surface area contributed by atoms with Crippen LogP contribution in [0, 0.1) is 0 Å². The minimum Gasteiger partial charge on any atom is -0.327 e. The Balaban J connectivity index is 2.13. The number of rotatable bonds is 4. The van der Waals surface area contributed by atoms with Crippen molar-refractivity contribution in [2.75, 3.05) is 5.75 Å². The van der Waals surface area contributed by atoms with Crippen molar-refractivity contribution in [2.45, 2.75) is 49.9 Å². The van der Waals surface area contributed by atoms with Gasteiger partial charge in [-0.25, -0.2) is 0 Å². The molecule has 1 saturated carbocycles. The van der Waals surface area contributed by atoms with Crippen molar-refractivity contribution in [2.24, 2.45) is 11.5 Å². The van der Waals surface area contributed by atoms with Gasteiger partial charge >= 0.3 is 0 Å². The Labute approximate surface area is 79.5 Å². The molecule has 2 nitrogen and oxygen atoms in total. The Morgan fingerprint density at radius 3 is 2.75 bits per heavy atom. The summed E-state index contributed by atoms with van der Waals surface area (Å²) in [4.78, 5) is 0. The molecule has 3 unspecified atom stereocenters. The Morgan fingerprint density at radius 2 is 2.25 bits per heavy atom. The van der Waals surface area contributed by atoms with E-state index >= 15 is 0 Å². The van der Waals surface area contributed by atoms with Gasteiger partial charge in [0.15, 0.2) is 0 Å². The highest BCUT2D eigenvalue weighted by molar-refractivity contribution is 8.00. The van der Waals surface area contributed by atoms with Gasteiger partial charge in [0.1, 0.15) is 0 Å². The molecule has 0 radical (unpaired) electrons. The first kappa shape index (κ1) is 10.4. The lowest BCUT2D eigenvalue weighted by Gasteiger charge is -2.16. The van der Waals surface area contributed by atoms with Gasteiger partial charge in [0.2, 0.25) is 0 Å². The lowest BCUT2D eigenvalue weighted by molar-refractivity contribution is 0.701. The predicted octanol–water partition coefficient (Wildman–Crippen LogP) is 1.34. The topological polar surface area (TPSA) is 52.0 Å². The van der Waals surface area contributed by atoms with E-state index in [0.717, 1.165) is 12.2 Å². The van der Waals surface area contributed by atoms with Gasteiger partial charge in [-0.15, -0.1) is 0 Å². The van der Waals surface area contributed by atoms with Gasteiger partial charge in [-0.1, -0.05) is 13.3 Å². The summed E-state index contributed by atoms with van der Waals surface area (Å²) in [5, 5.41) is 0.683. The Hall–Kier alpha value is 0.270. The molecule has 0 aromatic heterocycles. The first-order valence-corrected chi connectivity index (χ1v) is 5.91. The van der Waals surface area contributed by atoms with E-state index in [1.165, 1.54) is 19.3 Å². The van der Waals surface area contributed by atoms with Crippen LogP contribution in [0.3, 0.4) is 0 Å². The van der Waals surface area contributed by atoms with E-state index in [1.54, 1.807) is 0 Å². The molecule has 0 heterocycles. The van der Waals surface area contributed by atoms with Crippen LogP contribution in [0.4, 0.5) is 0 Å². The smallest absolute Gasteiger partial charge is 0.0199 e. The molecule has 0 spiro atoms. The standard InChI is InChI=1S/C9H20N2S/c1-2-7(10)6-12-9-5-3-4-8(9)11/h7-9H,2-6,10-11H2,1H3. The van der Waals surface area contributed by atoms with E-state index in [9.17, 15) is 0 Å². The molecule has 72 valence electrons. The molecule has 0 saturated heterocycles. The third-order valence-electron chi connectivity index (χ3n) is 2.55. The monoisotopic (exact) mass is 188 g/mol. The molecular formula is C9H20N2S. The fourth-order valence-corrected chi connectivity index (χ4v) is 2.97. The molecule has 3 heteroatoms. The maximum absolute atomic E-state index is 5.95. The normalized spacial score (nSPS) is 32.2. The van der Waals surface area contributed by atoms with Crippen LogP contribution in [-0.2, 0) is 0 Å². The molecule has 1 fully saturated rings. The summed E-state index contributed by atoms with van der Waals surface area (Å²) in [6, 6.07) is 0.793. The van der Waals surface area contributed by atoms with E-state index in [-0.39, 0.29) is 0 Å². The van der Waals surface area contributed by atoms with Crippen LogP contribution in [0.25, 0.3) is 0 Å². The minimum atomic E-state index is 0.364. The molecule has 0 bridgehead atoms. The van der Waals surface area contributed by atoms with E-state index in [4.69, 9.17) is 11.5 Å². The van der Waals surface area contributed by atoms with Crippen molar-refractivity contribution < 1.29 is 0 Å². The highest BCUT2D eigenvalue weighted by Gasteiger charge is 2.24. The second-order valence-corrected chi connectivity index (χ2v) is 4.91. The Kier molecular flexibility index (Phi) is 4.40. The third-order valence-corrected chi connectivity index (χ3v) is 4.19. The average molecular weight is 188 g/mol.